The first-order valence-electron chi connectivity index (χ1n) is 15.6. The normalized spacial score (nSPS) is 21.3. The second-order valence-electron chi connectivity index (χ2n) is 12.0. The third-order valence-corrected chi connectivity index (χ3v) is 11.2. The second-order valence-corrected chi connectivity index (χ2v) is 15.1. The molecule has 1 aliphatic heterocycles. The second kappa shape index (κ2) is 13.7. The molecule has 1 saturated heterocycles. The van der Waals surface area contributed by atoms with E-state index in [0.29, 0.717) is 0 Å². The Bertz CT molecular complexity index is 1790. The van der Waals surface area contributed by atoms with Gasteiger partial charge in [0.2, 0.25) is 5.82 Å². The number of benzene rings is 4. The fourth-order valence-corrected chi connectivity index (χ4v) is 8.69. The number of hydrogen-bond acceptors (Lipinski definition) is 6. The van der Waals surface area contributed by atoms with Crippen molar-refractivity contribution in [3.8, 4) is 0 Å². The summed E-state index contributed by atoms with van der Waals surface area (Å²) in [6.45, 7) is 3.83. The Labute approximate surface area is 273 Å². The van der Waals surface area contributed by atoms with Crippen LogP contribution in [0.4, 0.5) is 4.39 Å². The Hall–Kier alpha value is -4.45. The van der Waals surface area contributed by atoms with E-state index < -0.39 is 55.1 Å². The maximum atomic E-state index is 14.8. The number of halogens is 1. The number of rotatable bonds is 11. The molecule has 1 aromatic heterocycles. The quantitative estimate of drug-likeness (QED) is 0.158. The topological polar surface area (TPSA) is 103 Å². The molecule has 242 valence electrons. The summed E-state index contributed by atoms with van der Waals surface area (Å²) in [5.74, 6) is -1.14. The molecule has 0 bridgehead atoms. The van der Waals surface area contributed by atoms with Crippen LogP contribution in [0, 0.1) is 5.82 Å². The van der Waals surface area contributed by atoms with Gasteiger partial charge in [0.1, 0.15) is 23.9 Å². The van der Waals surface area contributed by atoms with Crippen LogP contribution in [0.2, 0.25) is 13.1 Å². The standard InChI is InChI=1S/C37H37FN2O6Si/c1-47(2)37(40-23-30(38)34(42)39-35(40)43)33(44-24-26-15-7-3-8-16-26)32(41)31(46-37)25-45-36(27-17-9-4-10-18-27,28-19-11-5-12-20-28)29-21-13-6-14-22-29/h3-23,31-33,41,47H,24-25H2,1-2H3,(H,39,42,43)/t31-,32-,33-,37+/m1/s1. The van der Waals surface area contributed by atoms with Crippen LogP contribution in [0.3, 0.4) is 0 Å². The van der Waals surface area contributed by atoms with E-state index in [4.69, 9.17) is 14.2 Å². The smallest absolute Gasteiger partial charge is 0.330 e. The molecule has 0 unspecified atom stereocenters. The van der Waals surface area contributed by atoms with Gasteiger partial charge in [0.25, 0.3) is 5.56 Å². The average Bonchev–Trinajstić information content (AvgIpc) is 3.39. The van der Waals surface area contributed by atoms with Crippen LogP contribution in [0.1, 0.15) is 22.3 Å². The Kier molecular flexibility index (Phi) is 9.49. The van der Waals surface area contributed by atoms with E-state index in [2.05, 4.69) is 4.98 Å². The van der Waals surface area contributed by atoms with Crippen LogP contribution in [0.5, 0.6) is 0 Å². The fraction of sp³-hybridized carbons (Fsp3) is 0.243. The van der Waals surface area contributed by atoms with Gasteiger partial charge < -0.3 is 19.3 Å². The van der Waals surface area contributed by atoms with Crippen molar-refractivity contribution in [3.05, 3.63) is 176 Å². The van der Waals surface area contributed by atoms with Crippen LogP contribution in [0.15, 0.2) is 137 Å². The highest BCUT2D eigenvalue weighted by Gasteiger charge is 2.60. The number of ether oxygens (including phenoxy) is 3. The van der Waals surface area contributed by atoms with Crippen molar-refractivity contribution in [2.24, 2.45) is 0 Å². The molecule has 1 aliphatic rings. The summed E-state index contributed by atoms with van der Waals surface area (Å²) < 4.78 is 36.0. The lowest BCUT2D eigenvalue weighted by atomic mass is 9.80. The minimum absolute atomic E-state index is 0.102. The van der Waals surface area contributed by atoms with Gasteiger partial charge in [-0.3, -0.25) is 14.3 Å². The Morgan fingerprint density at radius 2 is 1.34 bits per heavy atom. The van der Waals surface area contributed by atoms with Crippen molar-refractivity contribution >= 4 is 8.80 Å². The molecule has 5 aromatic rings. The van der Waals surface area contributed by atoms with Gasteiger partial charge in [0.15, 0.2) is 5.35 Å². The number of aromatic amines is 1. The van der Waals surface area contributed by atoms with E-state index in [1.54, 1.807) is 0 Å². The van der Waals surface area contributed by atoms with Gasteiger partial charge in [-0.1, -0.05) is 134 Å². The van der Waals surface area contributed by atoms with E-state index in [-0.39, 0.29) is 13.2 Å². The maximum Gasteiger partial charge on any atom is 0.330 e. The average molecular weight is 653 g/mol. The molecule has 0 aliphatic carbocycles. The SMILES string of the molecule is C[SiH](C)[C@@]1(n2cc(F)c(=O)[nH]c2=O)O[C@H](COC(c2ccccc2)(c2ccccc2)c2ccccc2)[C@@H](O)[C@H]1OCc1ccccc1. The largest absolute Gasteiger partial charge is 0.387 e. The zero-order valence-electron chi connectivity index (χ0n) is 26.2. The zero-order valence-corrected chi connectivity index (χ0v) is 27.3. The molecule has 2 heterocycles. The van der Waals surface area contributed by atoms with Crippen LogP contribution in [-0.4, -0.2) is 48.4 Å². The predicted molar refractivity (Wildman–Crippen MR) is 179 cm³/mol. The first-order valence-corrected chi connectivity index (χ1v) is 18.5. The number of H-pyrrole nitrogens is 1. The molecule has 1 fully saturated rings. The summed E-state index contributed by atoms with van der Waals surface area (Å²) in [6.07, 6.45) is -2.52. The highest BCUT2D eigenvalue weighted by molar-refractivity contribution is 6.58. The lowest BCUT2D eigenvalue weighted by Crippen LogP contribution is -2.59. The highest BCUT2D eigenvalue weighted by Crippen LogP contribution is 2.44. The molecule has 47 heavy (non-hydrogen) atoms. The van der Waals surface area contributed by atoms with Gasteiger partial charge in [-0.15, -0.1) is 0 Å². The summed E-state index contributed by atoms with van der Waals surface area (Å²) in [4.78, 5) is 27.4. The highest BCUT2D eigenvalue weighted by atomic mass is 28.3. The number of aliphatic hydroxyl groups is 1. The zero-order chi connectivity index (χ0) is 33.0. The monoisotopic (exact) mass is 652 g/mol. The van der Waals surface area contributed by atoms with Crippen LogP contribution >= 0.6 is 0 Å². The molecular weight excluding hydrogens is 615 g/mol. The van der Waals surface area contributed by atoms with Crippen LogP contribution in [-0.2, 0) is 31.8 Å². The lowest BCUT2D eigenvalue weighted by molar-refractivity contribution is -0.128. The Morgan fingerprint density at radius 1 is 0.851 bits per heavy atom. The van der Waals surface area contributed by atoms with Gasteiger partial charge in [0.05, 0.1) is 28.2 Å². The van der Waals surface area contributed by atoms with E-state index in [1.165, 1.54) is 0 Å². The minimum Gasteiger partial charge on any atom is -0.387 e. The summed E-state index contributed by atoms with van der Waals surface area (Å²) in [7, 11) is -2.24. The number of nitrogens with one attached hydrogen (secondary N) is 1. The third kappa shape index (κ3) is 6.06. The lowest BCUT2D eigenvalue weighted by Gasteiger charge is -2.39. The number of hydrogen-bond donors (Lipinski definition) is 2. The number of aromatic nitrogens is 2. The number of aliphatic hydroxyl groups excluding tert-OH is 1. The summed E-state index contributed by atoms with van der Waals surface area (Å²) in [6, 6.07) is 38.8. The van der Waals surface area contributed by atoms with E-state index in [1.807, 2.05) is 134 Å². The van der Waals surface area contributed by atoms with Gasteiger partial charge in [-0.25, -0.2) is 4.79 Å². The fourth-order valence-electron chi connectivity index (χ4n) is 6.55. The van der Waals surface area contributed by atoms with Gasteiger partial charge in [-0.2, -0.15) is 4.39 Å². The van der Waals surface area contributed by atoms with Gasteiger partial charge in [0, 0.05) is 0 Å². The molecule has 4 atom stereocenters. The maximum absolute atomic E-state index is 14.8. The molecule has 8 nitrogen and oxygen atoms in total. The summed E-state index contributed by atoms with van der Waals surface area (Å²) in [5, 5.41) is 10.4. The molecule has 0 radical (unpaired) electrons. The van der Waals surface area contributed by atoms with Crippen molar-refractivity contribution in [2.45, 2.75) is 49.0 Å². The molecule has 2 N–H and O–H groups in total. The molecule has 0 spiro atoms. The first-order chi connectivity index (χ1) is 22.8. The third-order valence-electron chi connectivity index (χ3n) is 8.82. The van der Waals surface area contributed by atoms with Crippen LogP contribution < -0.4 is 11.2 Å². The summed E-state index contributed by atoms with van der Waals surface area (Å²) in [5.41, 5.74) is 0.349. The molecule has 0 saturated carbocycles. The van der Waals surface area contributed by atoms with Crippen LogP contribution in [0.25, 0.3) is 0 Å². The first kappa shape index (κ1) is 32.5. The van der Waals surface area contributed by atoms with E-state index in [0.717, 1.165) is 33.0 Å². The predicted octanol–water partition coefficient (Wildman–Crippen LogP) is 4.71. The van der Waals surface area contributed by atoms with Gasteiger partial charge >= 0.3 is 5.69 Å². The van der Waals surface area contributed by atoms with E-state index >= 15 is 0 Å². The van der Waals surface area contributed by atoms with E-state index in [9.17, 15) is 19.1 Å². The molecule has 0 amide bonds. The molecule has 10 heteroatoms. The van der Waals surface area contributed by atoms with Crippen molar-refractivity contribution in [3.63, 3.8) is 0 Å². The summed E-state index contributed by atoms with van der Waals surface area (Å²) >= 11 is 0. The molecular formula is C37H37FN2O6Si. The van der Waals surface area contributed by atoms with Crippen molar-refractivity contribution in [1.82, 2.24) is 9.55 Å². The van der Waals surface area contributed by atoms with Crippen molar-refractivity contribution in [2.75, 3.05) is 6.61 Å². The van der Waals surface area contributed by atoms with Gasteiger partial charge in [-0.05, 0) is 22.3 Å². The Morgan fingerprint density at radius 3 is 1.83 bits per heavy atom. The van der Waals surface area contributed by atoms with Crippen molar-refractivity contribution < 1.29 is 23.7 Å². The molecule has 6 rings (SSSR count). The minimum atomic E-state index is -2.24. The Balaban J connectivity index is 1.45. The number of nitrogens with zero attached hydrogens (tertiary/aromatic N) is 1. The molecule has 4 aromatic carbocycles. The van der Waals surface area contributed by atoms with Crippen molar-refractivity contribution in [1.29, 1.82) is 0 Å².